The second kappa shape index (κ2) is 8.21. The van der Waals surface area contributed by atoms with E-state index in [4.69, 9.17) is 9.47 Å². The third-order valence-electron chi connectivity index (χ3n) is 2.70. The molecule has 1 rings (SSSR count). The van der Waals surface area contributed by atoms with Crippen LogP contribution in [0.4, 0.5) is 0 Å². The quantitative estimate of drug-likeness (QED) is 0.632. The molecule has 0 spiro atoms. The van der Waals surface area contributed by atoms with Gasteiger partial charge in [-0.3, -0.25) is 0 Å². The Hall–Kier alpha value is -0.120. The van der Waals surface area contributed by atoms with Gasteiger partial charge >= 0.3 is 0 Å². The lowest BCUT2D eigenvalue weighted by Gasteiger charge is -2.22. The van der Waals surface area contributed by atoms with Gasteiger partial charge in [-0.1, -0.05) is 0 Å². The summed E-state index contributed by atoms with van der Waals surface area (Å²) >= 11 is 0. The summed E-state index contributed by atoms with van der Waals surface area (Å²) in [6.07, 6.45) is 4.79. The maximum Gasteiger partial charge on any atom is 0.0495 e. The summed E-state index contributed by atoms with van der Waals surface area (Å²) in [5, 5.41) is 3.36. The van der Waals surface area contributed by atoms with Crippen molar-refractivity contribution in [1.82, 2.24) is 5.32 Å². The minimum atomic E-state index is 0.790. The van der Waals surface area contributed by atoms with Crippen LogP contribution in [0, 0.1) is 5.92 Å². The fourth-order valence-electron chi connectivity index (χ4n) is 1.75. The molecule has 0 aromatic carbocycles. The maximum absolute atomic E-state index is 5.64. The molecule has 0 bridgehead atoms. The zero-order chi connectivity index (χ0) is 10.1. The average molecular weight is 201 g/mol. The number of methoxy groups -OCH3 is 1. The van der Waals surface area contributed by atoms with Crippen LogP contribution in [0.25, 0.3) is 0 Å². The summed E-state index contributed by atoms with van der Waals surface area (Å²) in [5.74, 6) is 0.790. The van der Waals surface area contributed by atoms with Crippen molar-refractivity contribution in [2.45, 2.75) is 25.7 Å². The number of nitrogens with one attached hydrogen (secondary N) is 1. The van der Waals surface area contributed by atoms with Crippen LogP contribution in [-0.2, 0) is 9.47 Å². The monoisotopic (exact) mass is 201 g/mol. The molecule has 0 aliphatic carbocycles. The summed E-state index contributed by atoms with van der Waals surface area (Å²) < 4.78 is 10.6. The summed E-state index contributed by atoms with van der Waals surface area (Å²) in [5.41, 5.74) is 0. The van der Waals surface area contributed by atoms with Crippen LogP contribution in [-0.4, -0.2) is 40.0 Å². The van der Waals surface area contributed by atoms with E-state index in [1.165, 1.54) is 12.8 Å². The van der Waals surface area contributed by atoms with Gasteiger partial charge in [-0.2, -0.15) is 0 Å². The number of unbranched alkanes of at least 4 members (excludes halogenated alkanes) is 1. The van der Waals surface area contributed by atoms with Crippen LogP contribution in [0.2, 0.25) is 0 Å². The SMILES string of the molecule is COCCCCOCC1CCNCC1. The molecule has 0 aromatic rings. The van der Waals surface area contributed by atoms with Crippen molar-refractivity contribution in [2.24, 2.45) is 5.92 Å². The first-order valence-electron chi connectivity index (χ1n) is 5.71. The Bertz CT molecular complexity index is 124. The maximum atomic E-state index is 5.64. The molecule has 1 saturated heterocycles. The van der Waals surface area contributed by atoms with Gasteiger partial charge < -0.3 is 14.8 Å². The van der Waals surface area contributed by atoms with Crippen LogP contribution >= 0.6 is 0 Å². The molecule has 0 radical (unpaired) electrons. The predicted octanol–water partition coefficient (Wildman–Crippen LogP) is 1.43. The number of hydrogen-bond donors (Lipinski definition) is 1. The van der Waals surface area contributed by atoms with Crippen LogP contribution < -0.4 is 5.32 Å². The molecule has 1 fully saturated rings. The van der Waals surface area contributed by atoms with Gasteiger partial charge in [0.2, 0.25) is 0 Å². The number of piperidine rings is 1. The summed E-state index contributed by atoms with van der Waals surface area (Å²) in [6.45, 7) is 5.04. The van der Waals surface area contributed by atoms with E-state index in [2.05, 4.69) is 5.32 Å². The molecular weight excluding hydrogens is 178 g/mol. The van der Waals surface area contributed by atoms with Crippen LogP contribution in [0.1, 0.15) is 25.7 Å². The van der Waals surface area contributed by atoms with Gasteiger partial charge in [0, 0.05) is 26.9 Å². The Morgan fingerprint density at radius 2 is 1.86 bits per heavy atom. The molecule has 3 heteroatoms. The molecule has 1 aliphatic rings. The van der Waals surface area contributed by atoms with Crippen molar-refractivity contribution in [2.75, 3.05) is 40.0 Å². The van der Waals surface area contributed by atoms with Gasteiger partial charge in [-0.25, -0.2) is 0 Å². The fraction of sp³-hybridized carbons (Fsp3) is 1.00. The molecule has 1 heterocycles. The van der Waals surface area contributed by atoms with E-state index in [9.17, 15) is 0 Å². The average Bonchev–Trinajstić information content (AvgIpc) is 2.25. The minimum absolute atomic E-state index is 0.790. The molecule has 0 saturated carbocycles. The molecule has 1 aliphatic heterocycles. The first-order valence-corrected chi connectivity index (χ1v) is 5.71. The lowest BCUT2D eigenvalue weighted by atomic mass is 9.99. The third kappa shape index (κ3) is 5.58. The smallest absolute Gasteiger partial charge is 0.0495 e. The highest BCUT2D eigenvalue weighted by Gasteiger charge is 2.12. The van der Waals surface area contributed by atoms with Crippen molar-refractivity contribution in [3.05, 3.63) is 0 Å². The molecular formula is C11H23NO2. The molecule has 84 valence electrons. The Kier molecular flexibility index (Phi) is 7.01. The van der Waals surface area contributed by atoms with E-state index >= 15 is 0 Å². The molecule has 0 unspecified atom stereocenters. The highest BCUT2D eigenvalue weighted by atomic mass is 16.5. The standard InChI is InChI=1S/C11H23NO2/c1-13-8-2-3-9-14-10-11-4-6-12-7-5-11/h11-12H,2-10H2,1H3. The van der Waals surface area contributed by atoms with Gasteiger partial charge in [0.25, 0.3) is 0 Å². The van der Waals surface area contributed by atoms with Crippen molar-refractivity contribution >= 4 is 0 Å². The Labute approximate surface area is 87.2 Å². The van der Waals surface area contributed by atoms with Crippen molar-refractivity contribution in [1.29, 1.82) is 0 Å². The predicted molar refractivity (Wildman–Crippen MR) is 57.5 cm³/mol. The Balaban J connectivity index is 1.82. The number of ether oxygens (including phenoxy) is 2. The molecule has 0 aromatic heterocycles. The van der Waals surface area contributed by atoms with Gasteiger partial charge in [0.15, 0.2) is 0 Å². The van der Waals surface area contributed by atoms with E-state index in [0.29, 0.717) is 0 Å². The van der Waals surface area contributed by atoms with Gasteiger partial charge in [-0.15, -0.1) is 0 Å². The van der Waals surface area contributed by atoms with E-state index in [1.54, 1.807) is 7.11 Å². The summed E-state index contributed by atoms with van der Waals surface area (Å²) in [4.78, 5) is 0. The van der Waals surface area contributed by atoms with Crippen molar-refractivity contribution in [3.63, 3.8) is 0 Å². The highest BCUT2D eigenvalue weighted by molar-refractivity contribution is 4.67. The third-order valence-corrected chi connectivity index (χ3v) is 2.70. The zero-order valence-electron chi connectivity index (χ0n) is 9.26. The molecule has 0 atom stereocenters. The second-order valence-electron chi connectivity index (χ2n) is 3.97. The lowest BCUT2D eigenvalue weighted by molar-refractivity contribution is 0.0802. The first kappa shape index (κ1) is 12.0. The molecule has 3 nitrogen and oxygen atoms in total. The van der Waals surface area contributed by atoms with E-state index < -0.39 is 0 Å². The molecule has 14 heavy (non-hydrogen) atoms. The van der Waals surface area contributed by atoms with Crippen molar-refractivity contribution < 1.29 is 9.47 Å². The van der Waals surface area contributed by atoms with Crippen LogP contribution in [0.3, 0.4) is 0 Å². The van der Waals surface area contributed by atoms with Crippen LogP contribution in [0.15, 0.2) is 0 Å². The largest absolute Gasteiger partial charge is 0.385 e. The van der Waals surface area contributed by atoms with E-state index in [-0.39, 0.29) is 0 Å². The minimum Gasteiger partial charge on any atom is -0.385 e. The van der Waals surface area contributed by atoms with Crippen LogP contribution in [0.5, 0.6) is 0 Å². The topological polar surface area (TPSA) is 30.5 Å². The molecule has 1 N–H and O–H groups in total. The van der Waals surface area contributed by atoms with E-state index in [0.717, 1.165) is 51.7 Å². The van der Waals surface area contributed by atoms with E-state index in [1.807, 2.05) is 0 Å². The van der Waals surface area contributed by atoms with Crippen molar-refractivity contribution in [3.8, 4) is 0 Å². The normalized spacial score (nSPS) is 18.6. The molecule has 0 amide bonds. The highest BCUT2D eigenvalue weighted by Crippen LogP contribution is 2.11. The van der Waals surface area contributed by atoms with Gasteiger partial charge in [0.1, 0.15) is 0 Å². The lowest BCUT2D eigenvalue weighted by Crippen LogP contribution is -2.30. The number of rotatable bonds is 7. The summed E-state index contributed by atoms with van der Waals surface area (Å²) in [6, 6.07) is 0. The Morgan fingerprint density at radius 1 is 1.14 bits per heavy atom. The zero-order valence-corrected chi connectivity index (χ0v) is 9.26. The first-order chi connectivity index (χ1) is 6.93. The van der Waals surface area contributed by atoms with Gasteiger partial charge in [-0.05, 0) is 44.7 Å². The fourth-order valence-corrected chi connectivity index (χ4v) is 1.75. The second-order valence-corrected chi connectivity index (χ2v) is 3.97. The number of hydrogen-bond acceptors (Lipinski definition) is 3. The van der Waals surface area contributed by atoms with Gasteiger partial charge in [0.05, 0.1) is 0 Å². The Morgan fingerprint density at radius 3 is 2.57 bits per heavy atom. The summed E-state index contributed by atoms with van der Waals surface area (Å²) in [7, 11) is 1.75.